The first-order valence-corrected chi connectivity index (χ1v) is 7.06. The van der Waals surface area contributed by atoms with Crippen LogP contribution >= 0.6 is 0 Å². The molecule has 0 aromatic heterocycles. The van der Waals surface area contributed by atoms with Crippen molar-refractivity contribution in [3.05, 3.63) is 65.2 Å². The smallest absolute Gasteiger partial charge is 0.125 e. The van der Waals surface area contributed by atoms with E-state index in [1.54, 1.807) is 14.0 Å². The van der Waals surface area contributed by atoms with Gasteiger partial charge in [-0.25, -0.2) is 0 Å². The minimum atomic E-state index is -1.10. The molecule has 0 heterocycles. The van der Waals surface area contributed by atoms with E-state index in [0.29, 0.717) is 19.0 Å². The molecule has 0 saturated heterocycles. The van der Waals surface area contributed by atoms with E-state index in [9.17, 15) is 5.11 Å². The number of benzene rings is 2. The van der Waals surface area contributed by atoms with Crippen LogP contribution in [0.1, 0.15) is 23.6 Å². The second kappa shape index (κ2) is 6.74. The first-order valence-electron chi connectivity index (χ1n) is 7.06. The Hall–Kier alpha value is -1.84. The highest BCUT2D eigenvalue weighted by Gasteiger charge is 2.28. The van der Waals surface area contributed by atoms with Crippen molar-refractivity contribution < 1.29 is 14.6 Å². The van der Waals surface area contributed by atoms with Crippen LogP contribution in [-0.4, -0.2) is 25.4 Å². The Morgan fingerprint density at radius 1 is 1.00 bits per heavy atom. The Labute approximate surface area is 126 Å². The summed E-state index contributed by atoms with van der Waals surface area (Å²) in [6.45, 7) is 4.79. The molecule has 0 fully saturated rings. The quantitative estimate of drug-likeness (QED) is 0.828. The van der Waals surface area contributed by atoms with Gasteiger partial charge in [0.1, 0.15) is 18.0 Å². The number of para-hydroxylation sites is 1. The van der Waals surface area contributed by atoms with E-state index >= 15 is 0 Å². The highest BCUT2D eigenvalue weighted by Crippen LogP contribution is 2.35. The SMILES string of the molecule is COCCOc1ccccc1C(C)(O)c1ccc(C)cc1. The summed E-state index contributed by atoms with van der Waals surface area (Å²) in [5, 5.41) is 11.0. The lowest BCUT2D eigenvalue weighted by Gasteiger charge is -2.27. The minimum Gasteiger partial charge on any atom is -0.491 e. The molecule has 3 nitrogen and oxygen atoms in total. The highest BCUT2D eigenvalue weighted by molar-refractivity contribution is 5.44. The van der Waals surface area contributed by atoms with Crippen molar-refractivity contribution in [2.45, 2.75) is 19.4 Å². The topological polar surface area (TPSA) is 38.7 Å². The molecule has 0 aliphatic rings. The van der Waals surface area contributed by atoms with E-state index in [0.717, 1.165) is 11.1 Å². The number of aryl methyl sites for hydroxylation is 1. The minimum absolute atomic E-state index is 0.456. The third-order valence-corrected chi connectivity index (χ3v) is 3.57. The maximum Gasteiger partial charge on any atom is 0.125 e. The molecule has 2 rings (SSSR count). The zero-order valence-corrected chi connectivity index (χ0v) is 12.8. The predicted molar refractivity (Wildman–Crippen MR) is 83.7 cm³/mol. The molecule has 2 aromatic rings. The largest absolute Gasteiger partial charge is 0.491 e. The second-order valence-electron chi connectivity index (χ2n) is 5.28. The third-order valence-electron chi connectivity index (χ3n) is 3.57. The lowest BCUT2D eigenvalue weighted by molar-refractivity contribution is 0.0943. The molecule has 1 unspecified atom stereocenters. The van der Waals surface area contributed by atoms with Gasteiger partial charge in [-0.1, -0.05) is 48.0 Å². The fraction of sp³-hybridized carbons (Fsp3) is 0.333. The summed E-state index contributed by atoms with van der Waals surface area (Å²) in [6.07, 6.45) is 0. The van der Waals surface area contributed by atoms with Crippen molar-refractivity contribution in [1.29, 1.82) is 0 Å². The van der Waals surface area contributed by atoms with Crippen LogP contribution in [0.3, 0.4) is 0 Å². The third kappa shape index (κ3) is 3.63. The van der Waals surface area contributed by atoms with Gasteiger partial charge in [-0.15, -0.1) is 0 Å². The van der Waals surface area contributed by atoms with Crippen LogP contribution < -0.4 is 4.74 Å². The van der Waals surface area contributed by atoms with Gasteiger partial charge in [-0.3, -0.25) is 0 Å². The van der Waals surface area contributed by atoms with E-state index in [1.165, 1.54) is 5.56 Å². The Morgan fingerprint density at radius 3 is 2.33 bits per heavy atom. The van der Waals surface area contributed by atoms with Gasteiger partial charge in [-0.2, -0.15) is 0 Å². The molecular formula is C18H22O3. The predicted octanol–water partition coefficient (Wildman–Crippen LogP) is 3.28. The Kier molecular flexibility index (Phi) is 4.99. The van der Waals surface area contributed by atoms with Crippen LogP contribution in [0.25, 0.3) is 0 Å². The Bertz CT molecular complexity index is 573. The van der Waals surface area contributed by atoms with Crippen molar-refractivity contribution in [2.24, 2.45) is 0 Å². The van der Waals surface area contributed by atoms with Crippen molar-refractivity contribution in [1.82, 2.24) is 0 Å². The Morgan fingerprint density at radius 2 is 1.67 bits per heavy atom. The summed E-state index contributed by atoms with van der Waals surface area (Å²) in [5.74, 6) is 0.681. The van der Waals surface area contributed by atoms with Crippen LogP contribution in [0, 0.1) is 6.92 Å². The van der Waals surface area contributed by atoms with Crippen LogP contribution in [0.2, 0.25) is 0 Å². The van der Waals surface area contributed by atoms with Crippen molar-refractivity contribution >= 4 is 0 Å². The summed E-state index contributed by atoms with van der Waals surface area (Å²) in [7, 11) is 1.64. The standard InChI is InChI=1S/C18H22O3/c1-14-8-10-15(11-9-14)18(2,19)16-6-4-5-7-17(16)21-13-12-20-3/h4-11,19H,12-13H2,1-3H3. The van der Waals surface area contributed by atoms with Crippen LogP contribution in [0.15, 0.2) is 48.5 Å². The zero-order valence-electron chi connectivity index (χ0n) is 12.8. The average molecular weight is 286 g/mol. The van der Waals surface area contributed by atoms with Gasteiger partial charge in [0.25, 0.3) is 0 Å². The van der Waals surface area contributed by atoms with E-state index in [1.807, 2.05) is 55.5 Å². The average Bonchev–Trinajstić information content (AvgIpc) is 2.48. The summed E-state index contributed by atoms with van der Waals surface area (Å²) in [6, 6.07) is 15.5. The van der Waals surface area contributed by atoms with Gasteiger partial charge in [-0.05, 0) is 25.5 Å². The molecule has 0 amide bonds. The van der Waals surface area contributed by atoms with Crippen molar-refractivity contribution in [2.75, 3.05) is 20.3 Å². The van der Waals surface area contributed by atoms with Crippen molar-refractivity contribution in [3.63, 3.8) is 0 Å². The van der Waals surface area contributed by atoms with Crippen molar-refractivity contribution in [3.8, 4) is 5.75 Å². The van der Waals surface area contributed by atoms with Crippen LogP contribution in [0.4, 0.5) is 0 Å². The molecule has 0 aliphatic heterocycles. The van der Waals surface area contributed by atoms with Gasteiger partial charge >= 0.3 is 0 Å². The molecule has 0 spiro atoms. The second-order valence-corrected chi connectivity index (χ2v) is 5.28. The molecule has 3 heteroatoms. The fourth-order valence-electron chi connectivity index (χ4n) is 2.26. The van der Waals surface area contributed by atoms with Gasteiger partial charge in [0.05, 0.1) is 6.61 Å². The fourth-order valence-corrected chi connectivity index (χ4v) is 2.26. The first kappa shape index (κ1) is 15.5. The summed E-state index contributed by atoms with van der Waals surface area (Å²) >= 11 is 0. The molecule has 1 N–H and O–H groups in total. The van der Waals surface area contributed by atoms with Gasteiger partial charge in [0.2, 0.25) is 0 Å². The molecule has 0 radical (unpaired) electrons. The van der Waals surface area contributed by atoms with Crippen LogP contribution in [0.5, 0.6) is 5.75 Å². The number of rotatable bonds is 6. The lowest BCUT2D eigenvalue weighted by Crippen LogP contribution is -2.24. The highest BCUT2D eigenvalue weighted by atomic mass is 16.5. The number of aliphatic hydroxyl groups is 1. The van der Waals surface area contributed by atoms with Gasteiger partial charge in [0.15, 0.2) is 0 Å². The molecule has 21 heavy (non-hydrogen) atoms. The monoisotopic (exact) mass is 286 g/mol. The summed E-state index contributed by atoms with van der Waals surface area (Å²) in [4.78, 5) is 0. The molecule has 112 valence electrons. The van der Waals surface area contributed by atoms with Gasteiger partial charge in [0, 0.05) is 12.7 Å². The maximum atomic E-state index is 11.0. The van der Waals surface area contributed by atoms with E-state index in [-0.39, 0.29) is 0 Å². The molecular weight excluding hydrogens is 264 g/mol. The molecule has 1 atom stereocenters. The summed E-state index contributed by atoms with van der Waals surface area (Å²) < 4.78 is 10.7. The van der Waals surface area contributed by atoms with E-state index < -0.39 is 5.60 Å². The maximum absolute atomic E-state index is 11.0. The zero-order chi connectivity index (χ0) is 15.3. The number of methoxy groups -OCH3 is 1. The van der Waals surface area contributed by atoms with Gasteiger partial charge < -0.3 is 14.6 Å². The van der Waals surface area contributed by atoms with E-state index in [2.05, 4.69) is 0 Å². The molecule has 0 aliphatic carbocycles. The summed E-state index contributed by atoms with van der Waals surface area (Å²) in [5.41, 5.74) is 1.66. The lowest BCUT2D eigenvalue weighted by atomic mass is 9.87. The van der Waals surface area contributed by atoms with Crippen LogP contribution in [-0.2, 0) is 10.3 Å². The molecule has 0 saturated carbocycles. The normalized spacial score (nSPS) is 13.7. The number of hydrogen-bond donors (Lipinski definition) is 1. The Balaban J connectivity index is 2.32. The van der Waals surface area contributed by atoms with E-state index in [4.69, 9.17) is 9.47 Å². The molecule has 2 aromatic carbocycles. The number of hydrogen-bond acceptors (Lipinski definition) is 3. The number of ether oxygens (including phenoxy) is 2. The molecule has 0 bridgehead atoms. The first-order chi connectivity index (χ1) is 10.1.